The van der Waals surface area contributed by atoms with Crippen molar-refractivity contribution in [1.82, 2.24) is 0 Å². The van der Waals surface area contributed by atoms with Crippen molar-refractivity contribution in [1.29, 1.82) is 0 Å². The van der Waals surface area contributed by atoms with Crippen molar-refractivity contribution in [2.75, 3.05) is 36.6 Å². The number of carbonyl (C=O) groups is 5. The highest BCUT2D eigenvalue weighted by Gasteiger charge is 2.36. The van der Waals surface area contributed by atoms with Crippen LogP contribution in [0.3, 0.4) is 0 Å². The maximum absolute atomic E-state index is 12.5. The Morgan fingerprint density at radius 3 is 2.11 bits per heavy atom. The van der Waals surface area contributed by atoms with Crippen LogP contribution < -0.4 is 10.2 Å². The van der Waals surface area contributed by atoms with Gasteiger partial charge in [0.15, 0.2) is 6.61 Å². The number of anilines is 2. The van der Waals surface area contributed by atoms with Gasteiger partial charge in [0, 0.05) is 24.3 Å². The Morgan fingerprint density at radius 2 is 1.50 bits per heavy atom. The van der Waals surface area contributed by atoms with Crippen LogP contribution in [0.5, 0.6) is 0 Å². The van der Waals surface area contributed by atoms with E-state index in [-0.39, 0.29) is 25.5 Å². The van der Waals surface area contributed by atoms with Crippen molar-refractivity contribution >= 4 is 41.1 Å². The number of ether oxygens (including phenoxy) is 3. The summed E-state index contributed by atoms with van der Waals surface area (Å²) in [5.74, 6) is -3.09. The van der Waals surface area contributed by atoms with Gasteiger partial charge in [0.1, 0.15) is 0 Å². The smallest absolute Gasteiger partial charge is 0.338 e. The summed E-state index contributed by atoms with van der Waals surface area (Å²) in [6.45, 7) is 3.78. The molecule has 0 unspecified atom stereocenters. The molecule has 0 radical (unpaired) electrons. The lowest BCUT2D eigenvalue weighted by Crippen LogP contribution is -2.28. The van der Waals surface area contributed by atoms with E-state index in [0.29, 0.717) is 29.1 Å². The Morgan fingerprint density at radius 1 is 0.889 bits per heavy atom. The van der Waals surface area contributed by atoms with Crippen molar-refractivity contribution in [2.45, 2.75) is 26.7 Å². The molecule has 36 heavy (non-hydrogen) atoms. The first-order valence-electron chi connectivity index (χ1n) is 11.6. The van der Waals surface area contributed by atoms with Crippen LogP contribution in [0.4, 0.5) is 11.4 Å². The minimum atomic E-state index is -0.719. The normalized spacial score (nSPS) is 14.8. The Hall–Kier alpha value is -4.21. The third-order valence-corrected chi connectivity index (χ3v) is 5.34. The monoisotopic (exact) mass is 496 g/mol. The van der Waals surface area contributed by atoms with Crippen molar-refractivity contribution in [2.24, 2.45) is 5.92 Å². The molecule has 2 aromatic carbocycles. The summed E-state index contributed by atoms with van der Waals surface area (Å²) in [5, 5.41) is 2.58. The number of nitrogens with one attached hydrogen (secondary N) is 1. The molecular weight excluding hydrogens is 468 g/mol. The van der Waals surface area contributed by atoms with Crippen molar-refractivity contribution in [3.8, 4) is 0 Å². The molecule has 0 aliphatic carbocycles. The molecule has 1 heterocycles. The molecular formula is C26H28N2O8. The van der Waals surface area contributed by atoms with Gasteiger partial charge in [-0.25, -0.2) is 9.59 Å². The zero-order chi connectivity index (χ0) is 26.1. The molecule has 1 fully saturated rings. The van der Waals surface area contributed by atoms with Crippen LogP contribution in [0, 0.1) is 5.92 Å². The zero-order valence-electron chi connectivity index (χ0n) is 20.2. The number of rotatable bonds is 10. The zero-order valence-corrected chi connectivity index (χ0v) is 20.2. The van der Waals surface area contributed by atoms with Gasteiger partial charge in [0.05, 0.1) is 30.3 Å². The van der Waals surface area contributed by atoms with Gasteiger partial charge in [0.2, 0.25) is 5.91 Å². The summed E-state index contributed by atoms with van der Waals surface area (Å²) in [7, 11) is 0. The molecule has 10 heteroatoms. The van der Waals surface area contributed by atoms with Gasteiger partial charge in [-0.05, 0) is 61.9 Å². The first-order chi connectivity index (χ1) is 17.3. The Labute approximate surface area is 208 Å². The summed E-state index contributed by atoms with van der Waals surface area (Å²) in [6, 6.07) is 12.5. The van der Waals surface area contributed by atoms with Crippen molar-refractivity contribution < 1.29 is 38.2 Å². The molecule has 1 aliphatic heterocycles. The summed E-state index contributed by atoms with van der Waals surface area (Å²) >= 11 is 0. The fourth-order valence-electron chi connectivity index (χ4n) is 3.53. The number of hydrogen-bond donors (Lipinski definition) is 1. The highest BCUT2D eigenvalue weighted by molar-refractivity contribution is 6.00. The van der Waals surface area contributed by atoms with E-state index in [1.165, 1.54) is 17.0 Å². The average Bonchev–Trinajstić information content (AvgIpc) is 3.28. The number of hydrogen-bond acceptors (Lipinski definition) is 8. The highest BCUT2D eigenvalue weighted by atomic mass is 16.5. The third-order valence-electron chi connectivity index (χ3n) is 5.34. The van der Waals surface area contributed by atoms with Gasteiger partial charge in [-0.15, -0.1) is 0 Å². The molecule has 1 atom stereocenters. The van der Waals surface area contributed by atoms with E-state index in [9.17, 15) is 24.0 Å². The maximum Gasteiger partial charge on any atom is 0.338 e. The average molecular weight is 497 g/mol. The highest BCUT2D eigenvalue weighted by Crippen LogP contribution is 2.26. The van der Waals surface area contributed by atoms with E-state index in [2.05, 4.69) is 5.32 Å². The van der Waals surface area contributed by atoms with Crippen LogP contribution in [0.25, 0.3) is 0 Å². The molecule has 2 amide bonds. The van der Waals surface area contributed by atoms with E-state index in [0.717, 1.165) is 6.42 Å². The quantitative estimate of drug-likeness (QED) is 0.393. The summed E-state index contributed by atoms with van der Waals surface area (Å²) in [4.78, 5) is 62.1. The van der Waals surface area contributed by atoms with E-state index >= 15 is 0 Å². The molecule has 2 aromatic rings. The van der Waals surface area contributed by atoms with Crippen LogP contribution in [0.2, 0.25) is 0 Å². The molecule has 0 spiro atoms. The van der Waals surface area contributed by atoms with Gasteiger partial charge >= 0.3 is 17.9 Å². The number of carbonyl (C=O) groups excluding carboxylic acids is 5. The lowest BCUT2D eigenvalue weighted by Gasteiger charge is -2.17. The van der Waals surface area contributed by atoms with Gasteiger partial charge in [-0.3, -0.25) is 14.4 Å². The SMILES string of the molecule is CCCOC(=O)c1ccc(NC(=O)COC(=O)[C@H]2CC(=O)N(c3ccc(C(=O)OCC)cc3)C2)cc1. The van der Waals surface area contributed by atoms with E-state index in [1.54, 1.807) is 43.3 Å². The topological polar surface area (TPSA) is 128 Å². The Balaban J connectivity index is 1.47. The fraction of sp³-hybridized carbons (Fsp3) is 0.346. The van der Waals surface area contributed by atoms with Crippen LogP contribution in [-0.2, 0) is 28.6 Å². The molecule has 0 bridgehead atoms. The van der Waals surface area contributed by atoms with Crippen LogP contribution >= 0.6 is 0 Å². The van der Waals surface area contributed by atoms with Crippen molar-refractivity contribution in [3.05, 3.63) is 59.7 Å². The molecule has 190 valence electrons. The maximum atomic E-state index is 12.5. The minimum absolute atomic E-state index is 0.0460. The predicted octanol–water partition coefficient (Wildman–Crippen LogP) is 2.96. The summed E-state index contributed by atoms with van der Waals surface area (Å²) in [5.41, 5.74) is 1.69. The fourth-order valence-corrected chi connectivity index (χ4v) is 3.53. The number of esters is 3. The summed E-state index contributed by atoms with van der Waals surface area (Å²) < 4.78 is 15.1. The van der Waals surface area contributed by atoms with E-state index in [1.807, 2.05) is 6.92 Å². The lowest BCUT2D eigenvalue weighted by molar-refractivity contribution is -0.151. The van der Waals surface area contributed by atoms with Gasteiger partial charge in [-0.1, -0.05) is 6.92 Å². The van der Waals surface area contributed by atoms with Crippen molar-refractivity contribution in [3.63, 3.8) is 0 Å². The number of benzene rings is 2. The second-order valence-electron chi connectivity index (χ2n) is 8.04. The van der Waals surface area contributed by atoms with Crippen LogP contribution in [0.1, 0.15) is 47.4 Å². The predicted molar refractivity (Wildman–Crippen MR) is 129 cm³/mol. The van der Waals surface area contributed by atoms with Crippen LogP contribution in [0.15, 0.2) is 48.5 Å². The number of nitrogens with zero attached hydrogens (tertiary/aromatic N) is 1. The molecule has 1 aliphatic rings. The Bertz CT molecular complexity index is 1110. The van der Waals surface area contributed by atoms with Gasteiger partial charge in [0.25, 0.3) is 5.91 Å². The first-order valence-corrected chi connectivity index (χ1v) is 11.6. The third kappa shape index (κ3) is 6.91. The molecule has 10 nitrogen and oxygen atoms in total. The molecule has 3 rings (SSSR count). The Kier molecular flexibility index (Phi) is 9.15. The van der Waals surface area contributed by atoms with E-state index < -0.39 is 36.3 Å². The first kappa shape index (κ1) is 26.4. The standard InChI is InChI=1S/C26H28N2O8/c1-3-13-35-25(32)17-5-9-20(10-6-17)27-22(29)16-36-26(33)19-14-23(30)28(15-19)21-11-7-18(8-12-21)24(31)34-4-2/h5-12,19H,3-4,13-16H2,1-2H3,(H,27,29)/t19-/m0/s1. The van der Waals surface area contributed by atoms with Gasteiger partial charge in [-0.2, -0.15) is 0 Å². The van der Waals surface area contributed by atoms with Crippen LogP contribution in [-0.4, -0.2) is 56.1 Å². The minimum Gasteiger partial charge on any atom is -0.462 e. The number of amides is 2. The molecule has 0 aromatic heterocycles. The lowest BCUT2D eigenvalue weighted by atomic mass is 10.1. The van der Waals surface area contributed by atoms with E-state index in [4.69, 9.17) is 14.2 Å². The molecule has 0 saturated carbocycles. The molecule has 1 N–H and O–H groups in total. The summed E-state index contributed by atoms with van der Waals surface area (Å²) in [6.07, 6.45) is 0.672. The van der Waals surface area contributed by atoms with Gasteiger partial charge < -0.3 is 24.4 Å². The molecule has 1 saturated heterocycles. The largest absolute Gasteiger partial charge is 0.462 e. The second-order valence-corrected chi connectivity index (χ2v) is 8.04. The second kappa shape index (κ2) is 12.5.